The average Bonchev–Trinajstić information content (AvgIpc) is 2.75. The highest BCUT2D eigenvalue weighted by atomic mass is 16.5. The molecule has 0 aliphatic carbocycles. The molecular formula is C20H19N3O7. The van der Waals surface area contributed by atoms with Crippen molar-refractivity contribution in [2.75, 3.05) is 26.6 Å². The molecule has 156 valence electrons. The molecule has 0 saturated carbocycles. The molecule has 0 fully saturated rings. The molecule has 0 unspecified atom stereocenters. The number of carbonyl (C=O) groups is 2. The number of aromatic nitrogens is 2. The van der Waals surface area contributed by atoms with E-state index in [1.54, 1.807) is 24.3 Å². The van der Waals surface area contributed by atoms with Crippen LogP contribution < -0.4 is 26.0 Å². The fourth-order valence-electron chi connectivity index (χ4n) is 2.94. The van der Waals surface area contributed by atoms with Crippen LogP contribution in [0.3, 0.4) is 0 Å². The summed E-state index contributed by atoms with van der Waals surface area (Å²) in [4.78, 5) is 52.1. The Bertz CT molecular complexity index is 1240. The van der Waals surface area contributed by atoms with Crippen molar-refractivity contribution in [2.24, 2.45) is 0 Å². The monoisotopic (exact) mass is 413 g/mol. The van der Waals surface area contributed by atoms with Gasteiger partial charge in [-0.15, -0.1) is 0 Å². The lowest BCUT2D eigenvalue weighted by Crippen LogP contribution is -2.38. The van der Waals surface area contributed by atoms with Crippen molar-refractivity contribution in [3.8, 4) is 11.5 Å². The minimum absolute atomic E-state index is 0.0169. The fourth-order valence-corrected chi connectivity index (χ4v) is 2.94. The van der Waals surface area contributed by atoms with E-state index in [1.807, 2.05) is 0 Å². The van der Waals surface area contributed by atoms with Crippen LogP contribution >= 0.6 is 0 Å². The number of ether oxygens (including phenoxy) is 3. The summed E-state index contributed by atoms with van der Waals surface area (Å²) >= 11 is 0. The van der Waals surface area contributed by atoms with Crippen LogP contribution in [0.4, 0.5) is 5.69 Å². The smallest absolute Gasteiger partial charge is 0.340 e. The van der Waals surface area contributed by atoms with Gasteiger partial charge in [0.25, 0.3) is 5.56 Å². The van der Waals surface area contributed by atoms with Crippen LogP contribution in [-0.2, 0) is 16.1 Å². The lowest BCUT2D eigenvalue weighted by atomic mass is 10.1. The Morgan fingerprint density at radius 3 is 2.37 bits per heavy atom. The highest BCUT2D eigenvalue weighted by Crippen LogP contribution is 2.33. The van der Waals surface area contributed by atoms with Crippen molar-refractivity contribution in [1.29, 1.82) is 0 Å². The zero-order valence-corrected chi connectivity index (χ0v) is 16.5. The number of benzene rings is 2. The third kappa shape index (κ3) is 3.88. The van der Waals surface area contributed by atoms with E-state index in [9.17, 15) is 19.2 Å². The Balaban J connectivity index is 1.97. The number of methoxy groups -OCH3 is 3. The van der Waals surface area contributed by atoms with Crippen molar-refractivity contribution in [3.63, 3.8) is 0 Å². The van der Waals surface area contributed by atoms with Gasteiger partial charge < -0.3 is 24.5 Å². The first kappa shape index (κ1) is 20.6. The van der Waals surface area contributed by atoms with Crippen LogP contribution in [0.25, 0.3) is 10.9 Å². The van der Waals surface area contributed by atoms with Gasteiger partial charge in [0.2, 0.25) is 5.91 Å². The van der Waals surface area contributed by atoms with Gasteiger partial charge in [0.05, 0.1) is 43.5 Å². The zero-order valence-electron chi connectivity index (χ0n) is 16.5. The number of para-hydroxylation sites is 1. The van der Waals surface area contributed by atoms with E-state index in [2.05, 4.69) is 10.3 Å². The quantitative estimate of drug-likeness (QED) is 0.580. The maximum atomic E-state index is 12.6. The normalized spacial score (nSPS) is 10.5. The van der Waals surface area contributed by atoms with Crippen LogP contribution in [-0.4, -0.2) is 42.8 Å². The number of nitrogens with one attached hydrogen (secondary N) is 2. The number of amides is 1. The Kier molecular flexibility index (Phi) is 5.86. The van der Waals surface area contributed by atoms with E-state index in [-0.39, 0.29) is 28.1 Å². The summed E-state index contributed by atoms with van der Waals surface area (Å²) in [6.07, 6.45) is 0. The molecule has 10 heteroatoms. The molecule has 0 bridgehead atoms. The molecule has 3 rings (SSSR count). The van der Waals surface area contributed by atoms with Crippen LogP contribution in [0.15, 0.2) is 46.0 Å². The van der Waals surface area contributed by atoms with E-state index in [4.69, 9.17) is 14.2 Å². The molecule has 2 N–H and O–H groups in total. The molecule has 0 saturated heterocycles. The highest BCUT2D eigenvalue weighted by Gasteiger charge is 2.20. The number of esters is 1. The second kappa shape index (κ2) is 8.52. The summed E-state index contributed by atoms with van der Waals surface area (Å²) in [6.45, 7) is -0.562. The molecule has 1 aromatic heterocycles. The lowest BCUT2D eigenvalue weighted by Gasteiger charge is -2.15. The summed E-state index contributed by atoms with van der Waals surface area (Å²) in [5, 5.41) is 2.78. The maximum absolute atomic E-state index is 12.6. The Hall–Kier alpha value is -4.08. The molecular weight excluding hydrogens is 394 g/mol. The molecule has 0 aliphatic heterocycles. The van der Waals surface area contributed by atoms with E-state index >= 15 is 0 Å². The molecule has 3 aromatic rings. The van der Waals surface area contributed by atoms with Gasteiger partial charge in [-0.05, 0) is 12.1 Å². The summed E-state index contributed by atoms with van der Waals surface area (Å²) in [6, 6.07) is 9.21. The van der Waals surface area contributed by atoms with Crippen molar-refractivity contribution in [1.82, 2.24) is 9.55 Å². The van der Waals surface area contributed by atoms with Crippen molar-refractivity contribution in [2.45, 2.75) is 6.54 Å². The number of nitrogens with zero attached hydrogens (tertiary/aromatic N) is 1. The first-order valence-electron chi connectivity index (χ1n) is 8.75. The number of rotatable bonds is 6. The molecule has 1 amide bonds. The fraction of sp³-hybridized carbons (Fsp3) is 0.200. The highest BCUT2D eigenvalue weighted by molar-refractivity contribution is 6.02. The van der Waals surface area contributed by atoms with E-state index < -0.39 is 29.7 Å². The van der Waals surface area contributed by atoms with Crippen molar-refractivity contribution >= 4 is 28.5 Å². The minimum atomic E-state index is -0.727. The number of fused-ring (bicyclic) bond motifs is 1. The zero-order chi connectivity index (χ0) is 21.8. The van der Waals surface area contributed by atoms with Crippen molar-refractivity contribution < 1.29 is 23.8 Å². The Morgan fingerprint density at radius 2 is 1.70 bits per heavy atom. The predicted molar refractivity (Wildman–Crippen MR) is 108 cm³/mol. The number of carbonyl (C=O) groups excluding carboxylic acids is 2. The Labute approximate surface area is 170 Å². The van der Waals surface area contributed by atoms with E-state index in [0.29, 0.717) is 5.52 Å². The van der Waals surface area contributed by atoms with Gasteiger partial charge in [0.15, 0.2) is 11.5 Å². The standard InChI is InChI=1S/C20H19N3O7/c1-28-15-8-12(19(26)30-3)14(9-16(15)29-2)21-17(24)10-23-18(25)11-6-4-5-7-13(11)22-20(23)27/h4-9H,10H2,1-3H3,(H,21,24)(H,22,27). The summed E-state index contributed by atoms with van der Waals surface area (Å²) in [5.41, 5.74) is -0.866. The Morgan fingerprint density at radius 1 is 1.03 bits per heavy atom. The largest absolute Gasteiger partial charge is 0.493 e. The molecule has 30 heavy (non-hydrogen) atoms. The number of hydrogen-bond acceptors (Lipinski definition) is 7. The van der Waals surface area contributed by atoms with Crippen LogP contribution in [0.5, 0.6) is 11.5 Å². The third-order valence-corrected chi connectivity index (χ3v) is 4.39. The topological polar surface area (TPSA) is 129 Å². The third-order valence-electron chi connectivity index (χ3n) is 4.39. The first-order valence-corrected chi connectivity index (χ1v) is 8.75. The minimum Gasteiger partial charge on any atom is -0.493 e. The summed E-state index contributed by atoms with van der Waals surface area (Å²) in [7, 11) is 3.99. The van der Waals surface area contributed by atoms with Crippen molar-refractivity contribution in [3.05, 3.63) is 62.8 Å². The van der Waals surface area contributed by atoms with Gasteiger partial charge in [0, 0.05) is 12.1 Å². The maximum Gasteiger partial charge on any atom is 0.340 e. The van der Waals surface area contributed by atoms with Gasteiger partial charge in [0.1, 0.15) is 6.54 Å². The van der Waals surface area contributed by atoms with Crippen LogP contribution in [0.2, 0.25) is 0 Å². The van der Waals surface area contributed by atoms with Gasteiger partial charge in [-0.2, -0.15) is 0 Å². The number of aromatic amines is 1. The van der Waals surface area contributed by atoms with Gasteiger partial charge in [-0.3, -0.25) is 14.2 Å². The van der Waals surface area contributed by atoms with Crippen LogP contribution in [0.1, 0.15) is 10.4 Å². The molecule has 0 radical (unpaired) electrons. The molecule has 10 nitrogen and oxygen atoms in total. The lowest BCUT2D eigenvalue weighted by molar-refractivity contribution is -0.116. The molecule has 1 heterocycles. The van der Waals surface area contributed by atoms with E-state index in [1.165, 1.54) is 33.5 Å². The number of hydrogen-bond donors (Lipinski definition) is 2. The second-order valence-electron chi connectivity index (χ2n) is 6.16. The van der Waals surface area contributed by atoms with Gasteiger partial charge in [-0.25, -0.2) is 9.59 Å². The van der Waals surface area contributed by atoms with Gasteiger partial charge in [-0.1, -0.05) is 12.1 Å². The second-order valence-corrected chi connectivity index (χ2v) is 6.16. The molecule has 0 spiro atoms. The predicted octanol–water partition coefficient (Wildman–Crippen LogP) is 1.13. The number of H-pyrrole nitrogens is 1. The number of anilines is 1. The van der Waals surface area contributed by atoms with E-state index in [0.717, 1.165) is 4.57 Å². The summed E-state index contributed by atoms with van der Waals surface area (Å²) in [5.74, 6) is -0.888. The average molecular weight is 413 g/mol. The SMILES string of the molecule is COC(=O)c1cc(OC)c(OC)cc1NC(=O)Cn1c(=O)[nH]c2ccccc2c1=O. The molecule has 2 aromatic carbocycles. The first-order chi connectivity index (χ1) is 14.4. The van der Waals surface area contributed by atoms with Crippen LogP contribution in [0, 0.1) is 0 Å². The van der Waals surface area contributed by atoms with Gasteiger partial charge >= 0.3 is 11.7 Å². The summed E-state index contributed by atoms with van der Waals surface area (Å²) < 4.78 is 15.9. The molecule has 0 atom stereocenters. The molecule has 0 aliphatic rings.